The molecule has 3 rings (SSSR count). The predicted octanol–water partition coefficient (Wildman–Crippen LogP) is 7.83. The molecule has 0 unspecified atom stereocenters. The molecular formula is C31H35F3O4. The lowest BCUT2D eigenvalue weighted by atomic mass is 9.79. The van der Waals surface area contributed by atoms with E-state index < -0.39 is 23.4 Å². The van der Waals surface area contributed by atoms with Gasteiger partial charge in [0.1, 0.15) is 24.0 Å². The molecule has 0 saturated heterocycles. The van der Waals surface area contributed by atoms with Crippen LogP contribution in [0.4, 0.5) is 13.2 Å². The molecule has 204 valence electrons. The van der Waals surface area contributed by atoms with E-state index in [9.17, 15) is 13.6 Å². The molecule has 0 heterocycles. The van der Waals surface area contributed by atoms with Crippen molar-refractivity contribution in [2.45, 2.75) is 59.5 Å². The van der Waals surface area contributed by atoms with Crippen LogP contribution in [-0.2, 0) is 29.0 Å². The van der Waals surface area contributed by atoms with Gasteiger partial charge in [0.2, 0.25) is 0 Å². The molecular weight excluding hydrogens is 493 g/mol. The molecule has 0 N–H and O–H groups in total. The normalized spacial score (nSPS) is 11.4. The van der Waals surface area contributed by atoms with Crippen molar-refractivity contribution in [3.05, 3.63) is 82.7 Å². The quantitative estimate of drug-likeness (QED) is 0.225. The Kier molecular flexibility index (Phi) is 9.84. The van der Waals surface area contributed by atoms with Gasteiger partial charge in [-0.05, 0) is 77.8 Å². The summed E-state index contributed by atoms with van der Waals surface area (Å²) in [6, 6.07) is 12.0. The van der Waals surface area contributed by atoms with Gasteiger partial charge in [0.25, 0.3) is 0 Å². The van der Waals surface area contributed by atoms with Gasteiger partial charge in [-0.3, -0.25) is 4.79 Å². The average molecular weight is 529 g/mol. The molecule has 38 heavy (non-hydrogen) atoms. The van der Waals surface area contributed by atoms with Crippen LogP contribution in [0.5, 0.6) is 11.5 Å². The number of carbonyl (C=O) groups is 1. The van der Waals surface area contributed by atoms with Crippen molar-refractivity contribution in [3.8, 4) is 22.6 Å². The van der Waals surface area contributed by atoms with Gasteiger partial charge >= 0.3 is 5.97 Å². The summed E-state index contributed by atoms with van der Waals surface area (Å²) in [6.07, 6.45) is 2.67. The molecule has 0 saturated carbocycles. The second kappa shape index (κ2) is 12.9. The fourth-order valence-corrected chi connectivity index (χ4v) is 4.65. The summed E-state index contributed by atoms with van der Waals surface area (Å²) in [5, 5.41) is 0. The third-order valence-corrected chi connectivity index (χ3v) is 6.58. The van der Waals surface area contributed by atoms with Gasteiger partial charge in [-0.1, -0.05) is 39.3 Å². The van der Waals surface area contributed by atoms with Gasteiger partial charge in [0, 0.05) is 17.5 Å². The summed E-state index contributed by atoms with van der Waals surface area (Å²) in [5.74, 6) is -1.67. The fraction of sp³-hybridized carbons (Fsp3) is 0.387. The molecule has 0 amide bonds. The van der Waals surface area contributed by atoms with Crippen molar-refractivity contribution in [2.24, 2.45) is 5.41 Å². The van der Waals surface area contributed by atoms with Crippen molar-refractivity contribution in [1.29, 1.82) is 0 Å². The van der Waals surface area contributed by atoms with E-state index in [1.165, 1.54) is 38.5 Å². The number of benzene rings is 3. The lowest BCUT2D eigenvalue weighted by Crippen LogP contribution is -2.16. The highest BCUT2D eigenvalue weighted by Gasteiger charge is 2.23. The first-order valence-electron chi connectivity index (χ1n) is 12.7. The highest BCUT2D eigenvalue weighted by atomic mass is 19.1. The van der Waals surface area contributed by atoms with Crippen molar-refractivity contribution < 1.29 is 32.2 Å². The highest BCUT2D eigenvalue weighted by Crippen LogP contribution is 2.37. The smallest absolute Gasteiger partial charge is 0.305 e. The zero-order valence-electron chi connectivity index (χ0n) is 22.6. The van der Waals surface area contributed by atoms with Crippen molar-refractivity contribution in [1.82, 2.24) is 0 Å². The van der Waals surface area contributed by atoms with Crippen LogP contribution >= 0.6 is 0 Å². The van der Waals surface area contributed by atoms with Crippen LogP contribution in [-0.4, -0.2) is 20.2 Å². The minimum atomic E-state index is -0.601. The third kappa shape index (κ3) is 7.30. The summed E-state index contributed by atoms with van der Waals surface area (Å²) in [4.78, 5) is 11.4. The maximum absolute atomic E-state index is 15.4. The molecule has 0 fully saturated rings. The fourth-order valence-electron chi connectivity index (χ4n) is 4.65. The number of halogens is 3. The number of rotatable bonds is 12. The van der Waals surface area contributed by atoms with Gasteiger partial charge in [0.05, 0.1) is 14.2 Å². The molecule has 0 spiro atoms. The van der Waals surface area contributed by atoms with Crippen molar-refractivity contribution in [3.63, 3.8) is 0 Å². The number of hydrogen-bond acceptors (Lipinski definition) is 4. The highest BCUT2D eigenvalue weighted by molar-refractivity contribution is 5.70. The number of methoxy groups -OCH3 is 2. The molecule has 0 radical (unpaired) electrons. The molecule has 0 bridgehead atoms. The SMILES string of the molecule is CCCC(C)(C)Cc1cc(COc2cccc(CCC(=O)OC)c2F)c(F)cc1-c1cc(OC)ccc1F. The molecule has 3 aromatic carbocycles. The second-order valence-electron chi connectivity index (χ2n) is 10.1. The van der Waals surface area contributed by atoms with Gasteiger partial charge in [-0.25, -0.2) is 13.2 Å². The Bertz CT molecular complexity index is 1270. The van der Waals surface area contributed by atoms with Crippen LogP contribution in [0.2, 0.25) is 0 Å². The van der Waals surface area contributed by atoms with Crippen LogP contribution in [0.25, 0.3) is 11.1 Å². The zero-order valence-corrected chi connectivity index (χ0v) is 22.6. The Morgan fingerprint density at radius 2 is 1.66 bits per heavy atom. The number of esters is 1. The van der Waals surface area contributed by atoms with E-state index >= 15 is 4.39 Å². The van der Waals surface area contributed by atoms with E-state index in [0.717, 1.165) is 18.4 Å². The maximum Gasteiger partial charge on any atom is 0.305 e. The Labute approximate surface area is 222 Å². The van der Waals surface area contributed by atoms with E-state index in [1.54, 1.807) is 24.3 Å². The van der Waals surface area contributed by atoms with Gasteiger partial charge in [0.15, 0.2) is 11.6 Å². The summed E-state index contributed by atoms with van der Waals surface area (Å²) >= 11 is 0. The number of aryl methyl sites for hydroxylation is 1. The average Bonchev–Trinajstić information content (AvgIpc) is 2.88. The van der Waals surface area contributed by atoms with Gasteiger partial charge in [-0.2, -0.15) is 0 Å². The number of carbonyl (C=O) groups excluding carboxylic acids is 1. The molecule has 7 heteroatoms. The monoisotopic (exact) mass is 528 g/mol. The third-order valence-electron chi connectivity index (χ3n) is 6.58. The van der Waals surface area contributed by atoms with E-state index in [4.69, 9.17) is 9.47 Å². The number of ether oxygens (including phenoxy) is 3. The number of hydrogen-bond donors (Lipinski definition) is 0. The molecule has 0 aliphatic heterocycles. The van der Waals surface area contributed by atoms with Gasteiger partial charge < -0.3 is 14.2 Å². The van der Waals surface area contributed by atoms with Crippen molar-refractivity contribution >= 4 is 5.97 Å². The van der Waals surface area contributed by atoms with E-state index in [1.807, 2.05) is 0 Å². The molecule has 4 nitrogen and oxygen atoms in total. The maximum atomic E-state index is 15.4. The molecule has 3 aromatic rings. The second-order valence-corrected chi connectivity index (χ2v) is 10.1. The zero-order chi connectivity index (χ0) is 27.9. The minimum absolute atomic E-state index is 0.0324. The van der Waals surface area contributed by atoms with Crippen LogP contribution < -0.4 is 9.47 Å². The Morgan fingerprint density at radius 1 is 0.895 bits per heavy atom. The lowest BCUT2D eigenvalue weighted by molar-refractivity contribution is -0.140. The minimum Gasteiger partial charge on any atom is -0.497 e. The van der Waals surface area contributed by atoms with E-state index in [2.05, 4.69) is 25.5 Å². The van der Waals surface area contributed by atoms with E-state index in [0.29, 0.717) is 23.3 Å². The van der Waals surface area contributed by atoms with Crippen LogP contribution in [0.3, 0.4) is 0 Å². The summed E-state index contributed by atoms with van der Waals surface area (Å²) in [5.41, 5.74) is 1.89. The Hall–Kier alpha value is -3.48. The first-order chi connectivity index (χ1) is 18.1. The first-order valence-corrected chi connectivity index (χ1v) is 12.7. The molecule has 0 atom stereocenters. The molecule has 0 aromatic heterocycles. The Morgan fingerprint density at radius 3 is 2.34 bits per heavy atom. The van der Waals surface area contributed by atoms with Crippen LogP contribution in [0.15, 0.2) is 48.5 Å². The van der Waals surface area contributed by atoms with Gasteiger partial charge in [-0.15, -0.1) is 0 Å². The molecule has 0 aliphatic rings. The lowest BCUT2D eigenvalue weighted by Gasteiger charge is -2.26. The van der Waals surface area contributed by atoms with E-state index in [-0.39, 0.29) is 41.7 Å². The largest absolute Gasteiger partial charge is 0.497 e. The molecule has 0 aliphatic carbocycles. The topological polar surface area (TPSA) is 44.8 Å². The summed E-state index contributed by atoms with van der Waals surface area (Å²) in [6.45, 7) is 6.13. The van der Waals surface area contributed by atoms with Crippen LogP contribution in [0.1, 0.15) is 56.7 Å². The Balaban J connectivity index is 1.96. The standard InChI is InChI=1S/C31H35F3O4/c1-6-14-31(2,3)18-21-15-22(27(33)17-24(21)25-16-23(36-4)11-12-26(25)32)19-38-28-9-7-8-20(30(28)34)10-13-29(35)37-5/h7-9,11-12,15-17H,6,10,13-14,18-19H2,1-5H3. The van der Waals surface area contributed by atoms with Crippen molar-refractivity contribution in [2.75, 3.05) is 14.2 Å². The summed E-state index contributed by atoms with van der Waals surface area (Å²) in [7, 11) is 2.77. The summed E-state index contributed by atoms with van der Waals surface area (Å²) < 4.78 is 60.8. The first kappa shape index (κ1) is 29.1. The van der Waals surface area contributed by atoms with Crippen LogP contribution in [0, 0.1) is 22.9 Å². The predicted molar refractivity (Wildman–Crippen MR) is 142 cm³/mol.